The number of rotatable bonds is 5. The Bertz CT molecular complexity index is 579. The second kappa shape index (κ2) is 7.03. The molecule has 0 aliphatic carbocycles. The molecule has 2 rings (SSSR count). The molecule has 0 aliphatic rings. The highest BCUT2D eigenvalue weighted by Gasteiger charge is 2.20. The van der Waals surface area contributed by atoms with Gasteiger partial charge in [-0.3, -0.25) is 0 Å². The summed E-state index contributed by atoms with van der Waals surface area (Å²) < 4.78 is 15.0. The molecule has 1 atom stereocenters. The number of hydrogen-bond acceptors (Lipinski definition) is 2. The minimum absolute atomic E-state index is 0.0578. The average Bonchev–Trinajstić information content (AvgIpc) is 2.72. The quantitative estimate of drug-likeness (QED) is 0.726. The van der Waals surface area contributed by atoms with Crippen LogP contribution in [0.2, 0.25) is 5.02 Å². The topological polar surface area (TPSA) is 12.0 Å². The molecule has 0 amide bonds. The first-order valence-corrected chi connectivity index (χ1v) is 8.43. The van der Waals surface area contributed by atoms with E-state index < -0.39 is 0 Å². The molecule has 20 heavy (non-hydrogen) atoms. The molecule has 0 saturated heterocycles. The molecule has 0 saturated carbocycles. The summed E-state index contributed by atoms with van der Waals surface area (Å²) in [5.74, 6) is -0.246. The highest BCUT2D eigenvalue weighted by atomic mass is 79.9. The van der Waals surface area contributed by atoms with Crippen LogP contribution in [0.1, 0.15) is 28.3 Å². The van der Waals surface area contributed by atoms with Gasteiger partial charge in [-0.05, 0) is 54.0 Å². The summed E-state index contributed by atoms with van der Waals surface area (Å²) in [6, 6.07) is 6.97. The third kappa shape index (κ3) is 3.61. The van der Waals surface area contributed by atoms with Gasteiger partial charge >= 0.3 is 0 Å². The maximum Gasteiger partial charge on any atom is 0.127 e. The zero-order valence-corrected chi connectivity index (χ0v) is 14.5. The van der Waals surface area contributed by atoms with Crippen LogP contribution in [-0.4, -0.2) is 6.54 Å². The van der Waals surface area contributed by atoms with E-state index in [9.17, 15) is 4.39 Å². The van der Waals surface area contributed by atoms with Crippen molar-refractivity contribution in [3.05, 3.63) is 54.9 Å². The summed E-state index contributed by atoms with van der Waals surface area (Å²) in [6.45, 7) is 4.93. The Labute approximate surface area is 136 Å². The Balaban J connectivity index is 2.33. The maximum atomic E-state index is 14.0. The predicted molar refractivity (Wildman–Crippen MR) is 88.3 cm³/mol. The second-order valence-corrected chi connectivity index (χ2v) is 7.13. The Hall–Kier alpha value is -0.420. The molecule has 1 heterocycles. The van der Waals surface area contributed by atoms with Crippen LogP contribution < -0.4 is 5.32 Å². The van der Waals surface area contributed by atoms with Gasteiger partial charge in [-0.2, -0.15) is 0 Å². The standard InChI is InChI=1S/C15H16BrClFNS/c1-3-19-14(15-11(16)7-9(2)20-15)8-10-12(17)5-4-6-13(10)18/h4-7,14,19H,3,8H2,1-2H3. The lowest BCUT2D eigenvalue weighted by Crippen LogP contribution is -2.23. The van der Waals surface area contributed by atoms with Crippen LogP contribution in [0.15, 0.2) is 28.7 Å². The monoisotopic (exact) mass is 375 g/mol. The molecule has 0 aliphatic heterocycles. The van der Waals surface area contributed by atoms with Crippen molar-refractivity contribution in [3.8, 4) is 0 Å². The zero-order chi connectivity index (χ0) is 14.7. The highest BCUT2D eigenvalue weighted by molar-refractivity contribution is 9.10. The molecule has 1 aromatic heterocycles. The number of thiophene rings is 1. The van der Waals surface area contributed by atoms with Crippen LogP contribution in [0.4, 0.5) is 4.39 Å². The number of nitrogens with one attached hydrogen (secondary N) is 1. The van der Waals surface area contributed by atoms with Gasteiger partial charge in [0.2, 0.25) is 0 Å². The van der Waals surface area contributed by atoms with Gasteiger partial charge in [-0.25, -0.2) is 4.39 Å². The number of benzene rings is 1. The SMILES string of the molecule is CCNC(Cc1c(F)cccc1Cl)c1sc(C)cc1Br. The molecule has 0 spiro atoms. The van der Waals surface area contributed by atoms with Crippen molar-refractivity contribution >= 4 is 38.9 Å². The fraction of sp³-hybridized carbons (Fsp3) is 0.333. The summed E-state index contributed by atoms with van der Waals surface area (Å²) in [6.07, 6.45) is 0.540. The summed E-state index contributed by atoms with van der Waals surface area (Å²) >= 11 is 11.4. The van der Waals surface area contributed by atoms with Gasteiger partial charge in [0.25, 0.3) is 0 Å². The minimum Gasteiger partial charge on any atom is -0.309 e. The van der Waals surface area contributed by atoms with Gasteiger partial charge in [0.05, 0.1) is 0 Å². The lowest BCUT2D eigenvalue weighted by Gasteiger charge is -2.18. The fourth-order valence-electron chi connectivity index (χ4n) is 2.17. The van der Waals surface area contributed by atoms with E-state index in [1.807, 2.05) is 6.92 Å². The number of aryl methyl sites for hydroxylation is 1. The van der Waals surface area contributed by atoms with Gasteiger partial charge in [0.1, 0.15) is 5.82 Å². The molecule has 5 heteroatoms. The Kier molecular flexibility index (Phi) is 5.61. The largest absolute Gasteiger partial charge is 0.309 e. The minimum atomic E-state index is -0.246. The lowest BCUT2D eigenvalue weighted by molar-refractivity contribution is 0.533. The summed E-state index contributed by atoms with van der Waals surface area (Å²) in [4.78, 5) is 2.41. The van der Waals surface area contributed by atoms with Crippen molar-refractivity contribution in [1.29, 1.82) is 0 Å². The van der Waals surface area contributed by atoms with Gasteiger partial charge in [-0.15, -0.1) is 11.3 Å². The molecule has 1 aromatic carbocycles. The predicted octanol–water partition coefficient (Wildman–Crippen LogP) is 5.50. The average molecular weight is 377 g/mol. The van der Waals surface area contributed by atoms with Crippen molar-refractivity contribution in [2.45, 2.75) is 26.3 Å². The van der Waals surface area contributed by atoms with Crippen molar-refractivity contribution in [2.24, 2.45) is 0 Å². The first kappa shape index (κ1) is 16.0. The summed E-state index contributed by atoms with van der Waals surface area (Å²) in [7, 11) is 0. The molecule has 1 N–H and O–H groups in total. The molecule has 0 bridgehead atoms. The smallest absolute Gasteiger partial charge is 0.127 e. The van der Waals surface area contributed by atoms with Crippen molar-refractivity contribution in [3.63, 3.8) is 0 Å². The van der Waals surface area contributed by atoms with Gasteiger partial charge in [-0.1, -0.05) is 24.6 Å². The Morgan fingerprint density at radius 2 is 2.20 bits per heavy atom. The Morgan fingerprint density at radius 1 is 1.45 bits per heavy atom. The van der Waals surface area contributed by atoms with Crippen LogP contribution in [-0.2, 0) is 6.42 Å². The molecular weight excluding hydrogens is 361 g/mol. The van der Waals surface area contributed by atoms with Crippen molar-refractivity contribution in [2.75, 3.05) is 6.54 Å². The summed E-state index contributed by atoms with van der Waals surface area (Å²) in [5.41, 5.74) is 0.568. The second-order valence-electron chi connectivity index (χ2n) is 4.58. The number of hydrogen-bond donors (Lipinski definition) is 1. The fourth-order valence-corrected chi connectivity index (χ4v) is 4.42. The van der Waals surface area contributed by atoms with Crippen LogP contribution in [0.25, 0.3) is 0 Å². The van der Waals surface area contributed by atoms with E-state index in [0.29, 0.717) is 17.0 Å². The first-order valence-electron chi connectivity index (χ1n) is 6.45. The van der Waals surface area contributed by atoms with Crippen LogP contribution in [0.5, 0.6) is 0 Å². The van der Waals surface area contributed by atoms with E-state index in [1.165, 1.54) is 15.8 Å². The van der Waals surface area contributed by atoms with Crippen LogP contribution >= 0.6 is 38.9 Å². The van der Waals surface area contributed by atoms with E-state index in [4.69, 9.17) is 11.6 Å². The highest BCUT2D eigenvalue weighted by Crippen LogP contribution is 2.35. The van der Waals surface area contributed by atoms with Crippen molar-refractivity contribution < 1.29 is 4.39 Å². The van der Waals surface area contributed by atoms with Crippen LogP contribution in [0, 0.1) is 12.7 Å². The van der Waals surface area contributed by atoms with E-state index in [2.05, 4.69) is 34.2 Å². The molecule has 1 nitrogen and oxygen atoms in total. The zero-order valence-electron chi connectivity index (χ0n) is 11.3. The van der Waals surface area contributed by atoms with E-state index in [0.717, 1.165) is 11.0 Å². The van der Waals surface area contributed by atoms with Gasteiger partial charge in [0, 0.05) is 30.9 Å². The van der Waals surface area contributed by atoms with Crippen molar-refractivity contribution in [1.82, 2.24) is 5.32 Å². The molecule has 108 valence electrons. The van der Waals surface area contributed by atoms with E-state index in [-0.39, 0.29) is 11.9 Å². The normalized spacial score (nSPS) is 12.7. The number of halogens is 3. The van der Waals surface area contributed by atoms with E-state index in [1.54, 1.807) is 23.5 Å². The molecule has 2 aromatic rings. The Morgan fingerprint density at radius 3 is 2.75 bits per heavy atom. The molecule has 0 radical (unpaired) electrons. The first-order chi connectivity index (χ1) is 9.52. The number of likely N-dealkylation sites (N-methyl/N-ethyl adjacent to an activating group) is 1. The van der Waals surface area contributed by atoms with Crippen LogP contribution in [0.3, 0.4) is 0 Å². The molecular formula is C15H16BrClFNS. The molecule has 1 unspecified atom stereocenters. The lowest BCUT2D eigenvalue weighted by atomic mass is 10.0. The maximum absolute atomic E-state index is 14.0. The molecule has 0 fully saturated rings. The van der Waals surface area contributed by atoms with E-state index >= 15 is 0 Å². The van der Waals surface area contributed by atoms with Gasteiger partial charge in [0.15, 0.2) is 0 Å². The third-order valence-corrected chi connectivity index (χ3v) is 5.51. The third-order valence-electron chi connectivity index (χ3n) is 3.07. The van der Waals surface area contributed by atoms with Gasteiger partial charge < -0.3 is 5.32 Å². The summed E-state index contributed by atoms with van der Waals surface area (Å²) in [5, 5.41) is 3.89.